The van der Waals surface area contributed by atoms with E-state index < -0.39 is 0 Å². The van der Waals surface area contributed by atoms with Crippen LogP contribution in [-0.4, -0.2) is 23.0 Å². The lowest BCUT2D eigenvalue weighted by Crippen LogP contribution is -2.26. The van der Waals surface area contributed by atoms with Crippen molar-refractivity contribution in [3.05, 3.63) is 54.2 Å². The van der Waals surface area contributed by atoms with Gasteiger partial charge in [-0.2, -0.15) is 0 Å². The minimum atomic E-state index is -0.254. The summed E-state index contributed by atoms with van der Waals surface area (Å²) in [6, 6.07) is 6.17. The second kappa shape index (κ2) is 5.36. The molecule has 0 unspecified atom stereocenters. The second-order valence-electron chi connectivity index (χ2n) is 4.65. The number of nitrogens with zero attached hydrogens (tertiary/aromatic N) is 2. The summed E-state index contributed by atoms with van der Waals surface area (Å²) < 4.78 is 18.3. The first-order valence-corrected chi connectivity index (χ1v) is 6.39. The van der Waals surface area contributed by atoms with Crippen LogP contribution in [0.1, 0.15) is 12.1 Å². The van der Waals surface area contributed by atoms with Crippen LogP contribution >= 0.6 is 0 Å². The fourth-order valence-corrected chi connectivity index (χ4v) is 2.17. The molecule has 98 valence electrons. The third kappa shape index (κ3) is 2.90. The minimum absolute atomic E-state index is 0.254. The zero-order valence-electron chi connectivity index (χ0n) is 10.6. The van der Waals surface area contributed by atoms with Gasteiger partial charge in [0, 0.05) is 25.2 Å². The average molecular weight is 258 g/mol. The quantitative estimate of drug-likeness (QED) is 0.791. The van der Waals surface area contributed by atoms with E-state index in [1.54, 1.807) is 18.4 Å². The van der Waals surface area contributed by atoms with Crippen molar-refractivity contribution in [1.82, 2.24) is 9.88 Å². The third-order valence-corrected chi connectivity index (χ3v) is 3.17. The second-order valence-corrected chi connectivity index (χ2v) is 4.65. The SMILES string of the molecule is Fc1ccc(-c2nc(CN3CC=CCC3)co2)cc1. The maximum absolute atomic E-state index is 12.9. The maximum atomic E-state index is 12.9. The normalized spacial score (nSPS) is 15.8. The highest BCUT2D eigenvalue weighted by Gasteiger charge is 2.11. The molecule has 0 fully saturated rings. The topological polar surface area (TPSA) is 29.3 Å². The molecule has 0 atom stereocenters. The first kappa shape index (κ1) is 12.1. The van der Waals surface area contributed by atoms with Gasteiger partial charge in [-0.1, -0.05) is 12.2 Å². The molecule has 2 heterocycles. The predicted molar refractivity (Wildman–Crippen MR) is 70.9 cm³/mol. The van der Waals surface area contributed by atoms with Crippen LogP contribution in [0.2, 0.25) is 0 Å². The van der Waals surface area contributed by atoms with Crippen LogP contribution in [0.5, 0.6) is 0 Å². The zero-order valence-corrected chi connectivity index (χ0v) is 10.6. The van der Waals surface area contributed by atoms with E-state index in [0.717, 1.165) is 37.3 Å². The summed E-state index contributed by atoms with van der Waals surface area (Å²) in [5.74, 6) is 0.290. The molecule has 0 bridgehead atoms. The monoisotopic (exact) mass is 258 g/mol. The van der Waals surface area contributed by atoms with Gasteiger partial charge in [0.15, 0.2) is 0 Å². The molecular weight excluding hydrogens is 243 g/mol. The number of hydrogen-bond donors (Lipinski definition) is 0. The summed E-state index contributed by atoms with van der Waals surface area (Å²) in [5, 5.41) is 0. The van der Waals surface area contributed by atoms with Crippen LogP contribution in [0.25, 0.3) is 11.5 Å². The van der Waals surface area contributed by atoms with Crippen LogP contribution in [-0.2, 0) is 6.54 Å². The maximum Gasteiger partial charge on any atom is 0.226 e. The molecule has 0 N–H and O–H groups in total. The van der Waals surface area contributed by atoms with Crippen LogP contribution in [0, 0.1) is 5.82 Å². The Balaban J connectivity index is 1.72. The Morgan fingerprint density at radius 2 is 2.05 bits per heavy atom. The number of benzene rings is 1. The molecule has 1 aliphatic heterocycles. The van der Waals surface area contributed by atoms with Crippen molar-refractivity contribution in [2.45, 2.75) is 13.0 Å². The van der Waals surface area contributed by atoms with E-state index in [4.69, 9.17) is 4.42 Å². The molecule has 4 heteroatoms. The lowest BCUT2D eigenvalue weighted by atomic mass is 10.2. The molecule has 0 saturated carbocycles. The summed E-state index contributed by atoms with van der Waals surface area (Å²) in [6.07, 6.45) is 7.13. The fraction of sp³-hybridized carbons (Fsp3) is 0.267. The van der Waals surface area contributed by atoms with Gasteiger partial charge in [0.05, 0.1) is 5.69 Å². The molecule has 19 heavy (non-hydrogen) atoms. The van der Waals surface area contributed by atoms with Gasteiger partial charge in [-0.15, -0.1) is 0 Å². The highest BCUT2D eigenvalue weighted by Crippen LogP contribution is 2.19. The Hall–Kier alpha value is -1.94. The summed E-state index contributed by atoms with van der Waals surface area (Å²) in [6.45, 7) is 2.79. The van der Waals surface area contributed by atoms with Gasteiger partial charge in [0.25, 0.3) is 0 Å². The largest absolute Gasteiger partial charge is 0.444 e. The van der Waals surface area contributed by atoms with Crippen molar-refractivity contribution in [3.63, 3.8) is 0 Å². The number of halogens is 1. The summed E-state index contributed by atoms with van der Waals surface area (Å²) in [5.41, 5.74) is 1.71. The van der Waals surface area contributed by atoms with E-state index >= 15 is 0 Å². The van der Waals surface area contributed by atoms with E-state index in [1.165, 1.54) is 12.1 Å². The van der Waals surface area contributed by atoms with Gasteiger partial charge in [-0.05, 0) is 30.7 Å². The van der Waals surface area contributed by atoms with Crippen LogP contribution < -0.4 is 0 Å². The number of hydrogen-bond acceptors (Lipinski definition) is 3. The molecule has 3 nitrogen and oxygen atoms in total. The molecule has 0 radical (unpaired) electrons. The molecule has 2 aromatic rings. The van der Waals surface area contributed by atoms with Crippen LogP contribution in [0.15, 0.2) is 47.1 Å². The van der Waals surface area contributed by atoms with Gasteiger partial charge >= 0.3 is 0 Å². The molecule has 0 aliphatic carbocycles. The Bertz CT molecular complexity index is 574. The van der Waals surface area contributed by atoms with Crippen molar-refractivity contribution in [2.24, 2.45) is 0 Å². The number of oxazole rings is 1. The zero-order chi connectivity index (χ0) is 13.1. The molecule has 0 amide bonds. The Labute approximate surface area is 111 Å². The van der Waals surface area contributed by atoms with Crippen molar-refractivity contribution >= 4 is 0 Å². The lowest BCUT2D eigenvalue weighted by molar-refractivity contribution is 0.287. The number of rotatable bonds is 3. The van der Waals surface area contributed by atoms with Gasteiger partial charge in [0.1, 0.15) is 12.1 Å². The molecule has 1 aliphatic rings. The van der Waals surface area contributed by atoms with Gasteiger partial charge < -0.3 is 4.42 Å². The standard InChI is InChI=1S/C15H15FN2O/c16-13-6-4-12(5-7-13)15-17-14(11-19-15)10-18-8-2-1-3-9-18/h1-2,4-7,11H,3,8-10H2. The van der Waals surface area contributed by atoms with E-state index in [2.05, 4.69) is 22.0 Å². The van der Waals surface area contributed by atoms with Gasteiger partial charge in [0.2, 0.25) is 5.89 Å². The summed E-state index contributed by atoms with van der Waals surface area (Å²) >= 11 is 0. The molecule has 0 saturated heterocycles. The third-order valence-electron chi connectivity index (χ3n) is 3.17. The van der Waals surface area contributed by atoms with Crippen LogP contribution in [0.3, 0.4) is 0 Å². The molecule has 1 aromatic heterocycles. The average Bonchev–Trinajstić information content (AvgIpc) is 2.89. The smallest absolute Gasteiger partial charge is 0.226 e. The predicted octanol–water partition coefficient (Wildman–Crippen LogP) is 3.24. The Morgan fingerprint density at radius 3 is 2.79 bits per heavy atom. The summed E-state index contributed by atoms with van der Waals surface area (Å²) in [7, 11) is 0. The van der Waals surface area contributed by atoms with Gasteiger partial charge in [-0.3, -0.25) is 4.90 Å². The Kier molecular flexibility index (Phi) is 3.42. The molecule has 3 rings (SSSR count). The van der Waals surface area contributed by atoms with Crippen molar-refractivity contribution in [3.8, 4) is 11.5 Å². The highest BCUT2D eigenvalue weighted by molar-refractivity contribution is 5.52. The van der Waals surface area contributed by atoms with Crippen molar-refractivity contribution in [2.75, 3.05) is 13.1 Å². The molecular formula is C15H15FN2O. The highest BCUT2D eigenvalue weighted by atomic mass is 19.1. The van der Waals surface area contributed by atoms with Crippen molar-refractivity contribution in [1.29, 1.82) is 0 Å². The fourth-order valence-electron chi connectivity index (χ4n) is 2.17. The Morgan fingerprint density at radius 1 is 1.21 bits per heavy atom. The molecule has 0 spiro atoms. The summed E-state index contributed by atoms with van der Waals surface area (Å²) in [4.78, 5) is 6.76. The van der Waals surface area contributed by atoms with E-state index in [0.29, 0.717) is 5.89 Å². The van der Waals surface area contributed by atoms with Crippen molar-refractivity contribution < 1.29 is 8.81 Å². The van der Waals surface area contributed by atoms with E-state index in [9.17, 15) is 4.39 Å². The van der Waals surface area contributed by atoms with E-state index in [-0.39, 0.29) is 5.82 Å². The lowest BCUT2D eigenvalue weighted by Gasteiger charge is -2.21. The van der Waals surface area contributed by atoms with Gasteiger partial charge in [-0.25, -0.2) is 9.37 Å². The first-order chi connectivity index (χ1) is 9.31. The minimum Gasteiger partial charge on any atom is -0.444 e. The first-order valence-electron chi connectivity index (χ1n) is 6.39. The molecule has 1 aromatic carbocycles. The van der Waals surface area contributed by atoms with E-state index in [1.807, 2.05) is 0 Å². The number of aromatic nitrogens is 1. The van der Waals surface area contributed by atoms with Crippen LogP contribution in [0.4, 0.5) is 4.39 Å².